The minimum Gasteiger partial charge on any atom is -0.347 e. The Morgan fingerprint density at radius 1 is 0.917 bits per heavy atom. The number of rotatable bonds is 5. The van der Waals surface area contributed by atoms with Gasteiger partial charge in [-0.2, -0.15) is 0 Å². The predicted molar refractivity (Wildman–Crippen MR) is 145 cm³/mol. The van der Waals surface area contributed by atoms with Crippen molar-refractivity contribution < 1.29 is 9.59 Å². The summed E-state index contributed by atoms with van der Waals surface area (Å²) in [5.74, 6) is -0.382. The van der Waals surface area contributed by atoms with E-state index in [0.29, 0.717) is 23.4 Å². The molecule has 2 N–H and O–H groups in total. The molecule has 6 rings (SSSR count). The van der Waals surface area contributed by atoms with E-state index in [9.17, 15) is 9.59 Å². The molecule has 36 heavy (non-hydrogen) atoms. The number of benzene rings is 3. The SMILES string of the molecule is O=C(NCc1cnc(-c2ccc(-c3nccs3)cc2)s1)c1ccc2c(c1)NC(=O)c1ccccc1S2. The van der Waals surface area contributed by atoms with E-state index in [1.807, 2.05) is 53.9 Å². The van der Waals surface area contributed by atoms with Crippen LogP contribution in [0.2, 0.25) is 0 Å². The average molecular weight is 527 g/mol. The number of amides is 2. The van der Waals surface area contributed by atoms with Crippen LogP contribution >= 0.6 is 34.4 Å². The zero-order chi connectivity index (χ0) is 24.5. The summed E-state index contributed by atoms with van der Waals surface area (Å²) in [6.45, 7) is 0.372. The summed E-state index contributed by atoms with van der Waals surface area (Å²) in [6, 6.07) is 21.0. The zero-order valence-electron chi connectivity index (χ0n) is 18.7. The minimum atomic E-state index is -0.207. The van der Waals surface area contributed by atoms with E-state index >= 15 is 0 Å². The molecule has 6 nitrogen and oxygen atoms in total. The van der Waals surface area contributed by atoms with Crippen molar-refractivity contribution in [1.29, 1.82) is 0 Å². The summed E-state index contributed by atoms with van der Waals surface area (Å²) in [4.78, 5) is 37.1. The standard InChI is InChI=1S/C27H18N4O2S3/c32-24(18-9-10-23-21(13-18)31-25(33)20-3-1-2-4-22(20)36-23)29-14-19-15-30-27(35-19)17-7-5-16(6-8-17)26-28-11-12-34-26/h1-13,15H,14H2,(H,29,32)(H,31,33). The van der Waals surface area contributed by atoms with Gasteiger partial charge in [0.2, 0.25) is 0 Å². The molecule has 1 aliphatic heterocycles. The lowest BCUT2D eigenvalue weighted by atomic mass is 10.1. The molecule has 0 atom stereocenters. The lowest BCUT2D eigenvalue weighted by Crippen LogP contribution is -2.22. The number of fused-ring (bicyclic) bond motifs is 2. The van der Waals surface area contributed by atoms with Crippen molar-refractivity contribution in [3.05, 3.63) is 101 Å². The van der Waals surface area contributed by atoms with Crippen LogP contribution in [0.15, 0.2) is 94.3 Å². The highest BCUT2D eigenvalue weighted by Crippen LogP contribution is 2.39. The topological polar surface area (TPSA) is 84.0 Å². The molecule has 0 saturated carbocycles. The number of thiazole rings is 2. The fourth-order valence-corrected chi connectivity index (χ4v) is 6.33. The molecule has 9 heteroatoms. The van der Waals surface area contributed by atoms with Crippen molar-refractivity contribution in [2.24, 2.45) is 0 Å². The Morgan fingerprint density at radius 2 is 1.72 bits per heavy atom. The van der Waals surface area contributed by atoms with Gasteiger partial charge in [0.1, 0.15) is 10.0 Å². The number of aromatic nitrogens is 2. The first kappa shape index (κ1) is 22.7. The first-order chi connectivity index (χ1) is 17.6. The Kier molecular flexibility index (Phi) is 6.10. The van der Waals surface area contributed by atoms with E-state index in [4.69, 9.17) is 0 Å². The fraction of sp³-hybridized carbons (Fsp3) is 0.0370. The van der Waals surface area contributed by atoms with Crippen molar-refractivity contribution in [2.75, 3.05) is 5.32 Å². The summed E-state index contributed by atoms with van der Waals surface area (Å²) < 4.78 is 0. The Labute approximate surface area is 219 Å². The molecular weight excluding hydrogens is 509 g/mol. The highest BCUT2D eigenvalue weighted by atomic mass is 32.2. The smallest absolute Gasteiger partial charge is 0.256 e. The molecule has 2 amide bonds. The number of carbonyl (C=O) groups excluding carboxylic acids is 2. The molecule has 3 heterocycles. The first-order valence-corrected chi connectivity index (χ1v) is 13.6. The number of hydrogen-bond acceptors (Lipinski definition) is 7. The van der Waals surface area contributed by atoms with Crippen molar-refractivity contribution in [1.82, 2.24) is 15.3 Å². The van der Waals surface area contributed by atoms with Crippen LogP contribution in [0.25, 0.3) is 21.1 Å². The van der Waals surface area contributed by atoms with Gasteiger partial charge in [0.05, 0.1) is 17.8 Å². The first-order valence-electron chi connectivity index (χ1n) is 11.1. The molecular formula is C27H18N4O2S3. The van der Waals surface area contributed by atoms with Gasteiger partial charge in [-0.3, -0.25) is 9.59 Å². The maximum Gasteiger partial charge on any atom is 0.256 e. The molecule has 3 aromatic carbocycles. The summed E-state index contributed by atoms with van der Waals surface area (Å²) in [7, 11) is 0. The van der Waals surface area contributed by atoms with Crippen LogP contribution in [0.1, 0.15) is 25.6 Å². The van der Waals surface area contributed by atoms with Gasteiger partial charge in [-0.1, -0.05) is 48.2 Å². The van der Waals surface area contributed by atoms with Crippen LogP contribution in [0, 0.1) is 0 Å². The third kappa shape index (κ3) is 4.56. The Hall–Kier alpha value is -3.79. The second-order valence-corrected chi connectivity index (χ2v) is 11.1. The lowest BCUT2D eigenvalue weighted by molar-refractivity contribution is 0.0949. The third-order valence-corrected chi connectivity index (χ3v) is 8.65. The summed E-state index contributed by atoms with van der Waals surface area (Å²) in [6.07, 6.45) is 3.59. The highest BCUT2D eigenvalue weighted by molar-refractivity contribution is 7.99. The van der Waals surface area contributed by atoms with Gasteiger partial charge in [-0.25, -0.2) is 9.97 Å². The van der Waals surface area contributed by atoms with Crippen LogP contribution < -0.4 is 10.6 Å². The summed E-state index contributed by atoms with van der Waals surface area (Å²) >= 11 is 4.67. The van der Waals surface area contributed by atoms with E-state index in [0.717, 1.165) is 35.8 Å². The van der Waals surface area contributed by atoms with E-state index in [1.165, 1.54) is 11.8 Å². The van der Waals surface area contributed by atoms with Crippen LogP contribution in [-0.4, -0.2) is 21.8 Å². The van der Waals surface area contributed by atoms with E-state index in [1.54, 1.807) is 53.3 Å². The molecule has 176 valence electrons. The Morgan fingerprint density at radius 3 is 2.53 bits per heavy atom. The molecule has 5 aromatic rings. The Bertz CT molecular complexity index is 1580. The van der Waals surface area contributed by atoms with Crippen molar-refractivity contribution in [3.63, 3.8) is 0 Å². The van der Waals surface area contributed by atoms with Crippen molar-refractivity contribution in [2.45, 2.75) is 16.3 Å². The molecule has 0 fully saturated rings. The average Bonchev–Trinajstić information content (AvgIpc) is 3.59. The maximum atomic E-state index is 12.9. The van der Waals surface area contributed by atoms with Crippen LogP contribution in [0.4, 0.5) is 5.69 Å². The molecule has 0 saturated heterocycles. The van der Waals surface area contributed by atoms with Crippen molar-refractivity contribution in [3.8, 4) is 21.1 Å². The lowest BCUT2D eigenvalue weighted by Gasteiger charge is -2.09. The largest absolute Gasteiger partial charge is 0.347 e. The van der Waals surface area contributed by atoms with Gasteiger partial charge in [0.15, 0.2) is 0 Å². The quantitative estimate of drug-likeness (QED) is 0.270. The monoisotopic (exact) mass is 526 g/mol. The third-order valence-electron chi connectivity index (χ3n) is 5.63. The predicted octanol–water partition coefficient (Wildman–Crippen LogP) is 6.58. The Balaban J connectivity index is 1.12. The van der Waals surface area contributed by atoms with Gasteiger partial charge in [0, 0.05) is 49.1 Å². The number of anilines is 1. The van der Waals surface area contributed by atoms with Gasteiger partial charge < -0.3 is 10.6 Å². The summed E-state index contributed by atoms with van der Waals surface area (Å²) in [5, 5.41) is 9.74. The van der Waals surface area contributed by atoms with Gasteiger partial charge in [-0.15, -0.1) is 22.7 Å². The zero-order valence-corrected chi connectivity index (χ0v) is 21.2. The second kappa shape index (κ2) is 9.69. The molecule has 1 aliphatic rings. The molecule has 0 spiro atoms. The highest BCUT2D eigenvalue weighted by Gasteiger charge is 2.20. The van der Waals surface area contributed by atoms with E-state index < -0.39 is 0 Å². The molecule has 2 aromatic heterocycles. The van der Waals surface area contributed by atoms with Crippen molar-refractivity contribution >= 4 is 51.9 Å². The van der Waals surface area contributed by atoms with Gasteiger partial charge >= 0.3 is 0 Å². The van der Waals surface area contributed by atoms with Gasteiger partial charge in [0.25, 0.3) is 11.8 Å². The molecule has 0 unspecified atom stereocenters. The summed E-state index contributed by atoms with van der Waals surface area (Å²) in [5.41, 5.74) is 3.86. The molecule has 0 radical (unpaired) electrons. The number of carbonyl (C=O) groups is 2. The minimum absolute atomic E-state index is 0.175. The normalized spacial score (nSPS) is 12.3. The van der Waals surface area contributed by atoms with Crippen LogP contribution in [0.5, 0.6) is 0 Å². The maximum absolute atomic E-state index is 12.9. The molecule has 0 aliphatic carbocycles. The van der Waals surface area contributed by atoms with E-state index in [-0.39, 0.29) is 11.8 Å². The van der Waals surface area contributed by atoms with Gasteiger partial charge in [-0.05, 0) is 30.3 Å². The number of nitrogens with zero attached hydrogens (tertiary/aromatic N) is 2. The number of nitrogens with one attached hydrogen (secondary N) is 2. The van der Waals surface area contributed by atoms with Crippen LogP contribution in [-0.2, 0) is 6.54 Å². The molecule has 0 bridgehead atoms. The second-order valence-electron chi connectivity index (χ2n) is 7.99. The fourth-order valence-electron chi connectivity index (χ4n) is 3.82. The van der Waals surface area contributed by atoms with Crippen LogP contribution in [0.3, 0.4) is 0 Å². The van der Waals surface area contributed by atoms with E-state index in [2.05, 4.69) is 20.6 Å². The number of hydrogen-bond donors (Lipinski definition) is 2.